The fourth-order valence-corrected chi connectivity index (χ4v) is 2.26. The number of hydrogen-bond acceptors (Lipinski definition) is 4. The fourth-order valence-electron chi connectivity index (χ4n) is 2.26. The van der Waals surface area contributed by atoms with Crippen molar-refractivity contribution in [2.45, 2.75) is 25.9 Å². The number of aryl methyl sites for hydroxylation is 1. The summed E-state index contributed by atoms with van der Waals surface area (Å²) in [5.74, 6) is 0. The molecule has 0 amide bonds. The number of fused-ring (bicyclic) bond motifs is 1. The van der Waals surface area contributed by atoms with Crippen molar-refractivity contribution in [3.63, 3.8) is 0 Å². The fraction of sp³-hybridized carbons (Fsp3) is 0.308. The molecule has 0 saturated heterocycles. The highest BCUT2D eigenvalue weighted by Gasteiger charge is 2.17. The molecule has 98 valence electrons. The first-order valence-electron chi connectivity index (χ1n) is 6.35. The van der Waals surface area contributed by atoms with Gasteiger partial charge in [0.25, 0.3) is 0 Å². The van der Waals surface area contributed by atoms with E-state index in [-0.39, 0.29) is 6.04 Å². The molecule has 0 aromatic carbocycles. The second-order valence-corrected chi connectivity index (χ2v) is 4.46. The summed E-state index contributed by atoms with van der Waals surface area (Å²) in [4.78, 5) is 4.13. The number of aromatic nitrogens is 5. The van der Waals surface area contributed by atoms with E-state index in [1.165, 1.54) is 0 Å². The lowest BCUT2D eigenvalue weighted by molar-refractivity contribution is 0.560. The average Bonchev–Trinajstić information content (AvgIpc) is 3.04. The van der Waals surface area contributed by atoms with Crippen molar-refractivity contribution in [1.29, 1.82) is 0 Å². The molecule has 0 aliphatic rings. The van der Waals surface area contributed by atoms with E-state index in [1.807, 2.05) is 16.9 Å². The Bertz CT molecular complexity index is 683. The summed E-state index contributed by atoms with van der Waals surface area (Å²) >= 11 is 0. The molecule has 0 aliphatic carbocycles. The predicted molar refractivity (Wildman–Crippen MR) is 71.5 cm³/mol. The zero-order valence-corrected chi connectivity index (χ0v) is 10.8. The van der Waals surface area contributed by atoms with Crippen molar-refractivity contribution >= 4 is 5.52 Å². The maximum absolute atomic E-state index is 6.36. The van der Waals surface area contributed by atoms with Crippen molar-refractivity contribution < 1.29 is 0 Å². The summed E-state index contributed by atoms with van der Waals surface area (Å²) in [6.07, 6.45) is 9.91. The van der Waals surface area contributed by atoms with E-state index < -0.39 is 0 Å². The minimum atomic E-state index is -0.240. The minimum Gasteiger partial charge on any atom is -0.319 e. The number of hydrogen-bond donors (Lipinski definition) is 1. The third kappa shape index (κ3) is 2.00. The van der Waals surface area contributed by atoms with Crippen LogP contribution in [0.25, 0.3) is 5.52 Å². The van der Waals surface area contributed by atoms with Crippen molar-refractivity contribution in [3.05, 3.63) is 48.3 Å². The zero-order chi connectivity index (χ0) is 13.2. The van der Waals surface area contributed by atoms with Crippen molar-refractivity contribution in [2.75, 3.05) is 0 Å². The molecule has 0 saturated carbocycles. The molecule has 3 aromatic heterocycles. The second-order valence-electron chi connectivity index (χ2n) is 4.46. The Morgan fingerprint density at radius 3 is 3.00 bits per heavy atom. The molecular weight excluding hydrogens is 240 g/mol. The summed E-state index contributed by atoms with van der Waals surface area (Å²) in [6, 6.07) is 1.72. The highest BCUT2D eigenvalue weighted by molar-refractivity contribution is 5.54. The Balaban J connectivity index is 2.03. The van der Waals surface area contributed by atoms with Gasteiger partial charge in [-0.1, -0.05) is 6.92 Å². The zero-order valence-electron chi connectivity index (χ0n) is 10.8. The van der Waals surface area contributed by atoms with Crippen LogP contribution in [0.15, 0.2) is 37.1 Å². The van der Waals surface area contributed by atoms with Gasteiger partial charge in [0.05, 0.1) is 29.6 Å². The van der Waals surface area contributed by atoms with E-state index in [1.54, 1.807) is 29.3 Å². The Morgan fingerprint density at radius 2 is 2.16 bits per heavy atom. The molecule has 0 bridgehead atoms. The molecule has 6 nitrogen and oxygen atoms in total. The third-order valence-corrected chi connectivity index (χ3v) is 3.19. The van der Waals surface area contributed by atoms with Crippen LogP contribution in [0.5, 0.6) is 0 Å². The Hall–Kier alpha value is -2.21. The topological polar surface area (TPSA) is 74.0 Å². The van der Waals surface area contributed by atoms with Gasteiger partial charge >= 0.3 is 0 Å². The normalized spacial score (nSPS) is 12.9. The highest BCUT2D eigenvalue weighted by Crippen LogP contribution is 2.23. The van der Waals surface area contributed by atoms with E-state index in [9.17, 15) is 0 Å². The Kier molecular flexibility index (Phi) is 3.00. The van der Waals surface area contributed by atoms with Crippen molar-refractivity contribution in [3.8, 4) is 0 Å². The number of nitrogens with two attached hydrogens (primary N) is 1. The maximum atomic E-state index is 6.36. The van der Waals surface area contributed by atoms with Gasteiger partial charge in [-0.3, -0.25) is 9.67 Å². The molecule has 3 rings (SSSR count). The van der Waals surface area contributed by atoms with Crippen LogP contribution in [0, 0.1) is 0 Å². The van der Waals surface area contributed by atoms with Gasteiger partial charge in [0.15, 0.2) is 0 Å². The van der Waals surface area contributed by atoms with Crippen LogP contribution >= 0.6 is 0 Å². The summed E-state index contributed by atoms with van der Waals surface area (Å²) < 4.78 is 3.73. The molecule has 0 spiro atoms. The van der Waals surface area contributed by atoms with Crippen LogP contribution < -0.4 is 5.73 Å². The number of nitrogens with zero attached hydrogens (tertiary/aromatic N) is 5. The summed E-state index contributed by atoms with van der Waals surface area (Å²) in [6.45, 7) is 2.99. The molecule has 0 fully saturated rings. The van der Waals surface area contributed by atoms with E-state index in [2.05, 4.69) is 22.1 Å². The van der Waals surface area contributed by atoms with E-state index >= 15 is 0 Å². The smallest absolute Gasteiger partial charge is 0.0896 e. The molecule has 0 aliphatic heterocycles. The number of rotatable bonds is 4. The van der Waals surface area contributed by atoms with Gasteiger partial charge in [-0.25, -0.2) is 4.52 Å². The summed E-state index contributed by atoms with van der Waals surface area (Å²) in [5.41, 5.74) is 9.25. The first-order chi connectivity index (χ1) is 9.31. The van der Waals surface area contributed by atoms with Crippen LogP contribution in [0.1, 0.15) is 30.6 Å². The van der Waals surface area contributed by atoms with Gasteiger partial charge in [-0.05, 0) is 12.5 Å². The molecule has 2 N–H and O–H groups in total. The van der Waals surface area contributed by atoms with Crippen molar-refractivity contribution in [2.24, 2.45) is 5.73 Å². The highest BCUT2D eigenvalue weighted by atomic mass is 15.3. The Labute approximate surface area is 110 Å². The molecule has 6 heteroatoms. The maximum Gasteiger partial charge on any atom is 0.0896 e. The van der Waals surface area contributed by atoms with E-state index in [0.29, 0.717) is 0 Å². The second kappa shape index (κ2) is 4.81. The predicted octanol–water partition coefficient (Wildman–Crippen LogP) is 1.38. The van der Waals surface area contributed by atoms with Crippen LogP contribution in [0.3, 0.4) is 0 Å². The summed E-state index contributed by atoms with van der Waals surface area (Å²) in [7, 11) is 0. The SMILES string of the molecule is CCCn1nccc1C(N)c1cnn2ccncc12. The quantitative estimate of drug-likeness (QED) is 0.765. The van der Waals surface area contributed by atoms with Gasteiger partial charge in [0.2, 0.25) is 0 Å². The molecule has 0 radical (unpaired) electrons. The largest absolute Gasteiger partial charge is 0.319 e. The standard InChI is InChI=1S/C13H16N6/c1-2-6-18-11(3-4-16-18)13(14)10-8-17-19-7-5-15-9-12(10)19/h3-5,7-9,13H,2,6,14H2,1H3. The van der Waals surface area contributed by atoms with Crippen LogP contribution in [0.2, 0.25) is 0 Å². The molecule has 1 atom stereocenters. The lowest BCUT2D eigenvalue weighted by atomic mass is 10.1. The average molecular weight is 256 g/mol. The van der Waals surface area contributed by atoms with Gasteiger partial charge in [0, 0.05) is 30.7 Å². The lowest BCUT2D eigenvalue weighted by Gasteiger charge is -2.12. The van der Waals surface area contributed by atoms with E-state index in [0.717, 1.165) is 29.7 Å². The molecular formula is C13H16N6. The first kappa shape index (κ1) is 11.9. The van der Waals surface area contributed by atoms with Crippen LogP contribution in [-0.4, -0.2) is 24.4 Å². The molecule has 3 aromatic rings. The molecule has 3 heterocycles. The van der Waals surface area contributed by atoms with Crippen molar-refractivity contribution in [1.82, 2.24) is 24.4 Å². The molecule has 1 unspecified atom stereocenters. The van der Waals surface area contributed by atoms with Crippen LogP contribution in [-0.2, 0) is 6.54 Å². The monoisotopic (exact) mass is 256 g/mol. The van der Waals surface area contributed by atoms with Gasteiger partial charge in [0.1, 0.15) is 0 Å². The van der Waals surface area contributed by atoms with Gasteiger partial charge in [-0.15, -0.1) is 0 Å². The third-order valence-electron chi connectivity index (χ3n) is 3.19. The minimum absolute atomic E-state index is 0.240. The van der Waals surface area contributed by atoms with E-state index in [4.69, 9.17) is 5.73 Å². The molecule has 19 heavy (non-hydrogen) atoms. The lowest BCUT2D eigenvalue weighted by Crippen LogP contribution is -2.17. The van der Waals surface area contributed by atoms with Crippen LogP contribution in [0.4, 0.5) is 0 Å². The Morgan fingerprint density at radius 1 is 1.26 bits per heavy atom. The van der Waals surface area contributed by atoms with Gasteiger partial charge < -0.3 is 5.73 Å². The first-order valence-corrected chi connectivity index (χ1v) is 6.35. The van der Waals surface area contributed by atoms with Gasteiger partial charge in [-0.2, -0.15) is 10.2 Å². The summed E-state index contributed by atoms with van der Waals surface area (Å²) in [5, 5.41) is 8.60.